The van der Waals surface area contributed by atoms with Gasteiger partial charge in [-0.2, -0.15) is 13.2 Å². The highest BCUT2D eigenvalue weighted by Crippen LogP contribution is 2.35. The fraction of sp³-hybridized carbons (Fsp3) is 0.455. The van der Waals surface area contributed by atoms with E-state index >= 15 is 0 Å². The monoisotopic (exact) mass is 312 g/mol. The molecular formula is C11H12BrF3O2. The number of hydrogen-bond donors (Lipinski definition) is 1. The van der Waals surface area contributed by atoms with E-state index in [0.717, 1.165) is 12.1 Å². The Hall–Kier alpha value is -0.750. The zero-order valence-electron chi connectivity index (χ0n) is 9.09. The minimum absolute atomic E-state index is 0.0284. The number of halogens is 4. The number of ether oxygens (including phenoxy) is 1. The third-order valence-corrected chi connectivity index (χ3v) is 2.74. The van der Waals surface area contributed by atoms with Crippen LogP contribution in [0, 0.1) is 0 Å². The van der Waals surface area contributed by atoms with Crippen molar-refractivity contribution in [2.75, 3.05) is 6.61 Å². The molecule has 96 valence electrons. The van der Waals surface area contributed by atoms with Crippen molar-refractivity contribution in [3.05, 3.63) is 28.2 Å². The van der Waals surface area contributed by atoms with Crippen LogP contribution in [0.5, 0.6) is 5.75 Å². The van der Waals surface area contributed by atoms with Crippen molar-refractivity contribution in [2.24, 2.45) is 0 Å². The lowest BCUT2D eigenvalue weighted by molar-refractivity contribution is -0.137. The van der Waals surface area contributed by atoms with Crippen LogP contribution in [-0.4, -0.2) is 17.8 Å². The molecule has 1 aromatic carbocycles. The Balaban J connectivity index is 2.83. The fourth-order valence-corrected chi connectivity index (χ4v) is 1.70. The molecule has 0 unspecified atom stereocenters. The van der Waals surface area contributed by atoms with E-state index in [2.05, 4.69) is 15.9 Å². The average Bonchev–Trinajstić information content (AvgIpc) is 2.20. The van der Waals surface area contributed by atoms with Crippen LogP contribution in [0.3, 0.4) is 0 Å². The summed E-state index contributed by atoms with van der Waals surface area (Å²) in [7, 11) is 0. The van der Waals surface area contributed by atoms with E-state index in [0.29, 0.717) is 12.2 Å². The molecule has 2 nitrogen and oxygen atoms in total. The molecule has 1 atom stereocenters. The minimum atomic E-state index is -4.36. The van der Waals surface area contributed by atoms with Gasteiger partial charge in [-0.05, 0) is 41.1 Å². The predicted molar refractivity (Wildman–Crippen MR) is 60.9 cm³/mol. The third kappa shape index (κ3) is 4.20. The molecule has 1 N–H and O–H groups in total. The van der Waals surface area contributed by atoms with E-state index in [-0.39, 0.29) is 17.2 Å². The van der Waals surface area contributed by atoms with E-state index < -0.39 is 11.7 Å². The van der Waals surface area contributed by atoms with Crippen molar-refractivity contribution >= 4 is 15.9 Å². The van der Waals surface area contributed by atoms with Gasteiger partial charge in [0.05, 0.1) is 16.1 Å². The molecule has 0 aromatic heterocycles. The van der Waals surface area contributed by atoms with E-state index in [9.17, 15) is 13.2 Å². The van der Waals surface area contributed by atoms with Gasteiger partial charge in [-0.15, -0.1) is 0 Å². The molecule has 1 aromatic rings. The van der Waals surface area contributed by atoms with Gasteiger partial charge in [0.15, 0.2) is 0 Å². The molecule has 0 bridgehead atoms. The SMILES string of the molecule is C[C@@H](CCO)Oc1ccc(C(F)(F)F)cc1Br. The maximum absolute atomic E-state index is 12.4. The molecular weight excluding hydrogens is 301 g/mol. The molecule has 0 amide bonds. The number of hydrogen-bond acceptors (Lipinski definition) is 2. The summed E-state index contributed by atoms with van der Waals surface area (Å²) < 4.78 is 42.8. The minimum Gasteiger partial charge on any atom is -0.489 e. The zero-order valence-corrected chi connectivity index (χ0v) is 10.7. The molecule has 17 heavy (non-hydrogen) atoms. The van der Waals surface area contributed by atoms with Crippen molar-refractivity contribution in [1.82, 2.24) is 0 Å². The van der Waals surface area contributed by atoms with Crippen molar-refractivity contribution < 1.29 is 23.0 Å². The van der Waals surface area contributed by atoms with Crippen molar-refractivity contribution in [3.8, 4) is 5.75 Å². The second kappa shape index (κ2) is 5.73. The second-order valence-corrected chi connectivity index (χ2v) is 4.44. The fourth-order valence-electron chi connectivity index (χ4n) is 1.23. The molecule has 0 heterocycles. The van der Waals surface area contributed by atoms with E-state index in [1.807, 2.05) is 0 Å². The van der Waals surface area contributed by atoms with Crippen molar-refractivity contribution in [2.45, 2.75) is 25.6 Å². The van der Waals surface area contributed by atoms with Crippen LogP contribution in [0.15, 0.2) is 22.7 Å². The summed E-state index contributed by atoms with van der Waals surface area (Å²) in [5.74, 6) is 0.332. The summed E-state index contributed by atoms with van der Waals surface area (Å²) in [6, 6.07) is 3.20. The summed E-state index contributed by atoms with van der Waals surface area (Å²) >= 11 is 3.03. The van der Waals surface area contributed by atoms with Gasteiger partial charge in [0, 0.05) is 13.0 Å². The molecule has 0 aliphatic heterocycles. The lowest BCUT2D eigenvalue weighted by atomic mass is 10.2. The van der Waals surface area contributed by atoms with Crippen LogP contribution >= 0.6 is 15.9 Å². The van der Waals surface area contributed by atoms with Crippen LogP contribution in [0.1, 0.15) is 18.9 Å². The summed E-state index contributed by atoms with van der Waals surface area (Å²) in [6.07, 6.45) is -4.20. The van der Waals surface area contributed by atoms with Gasteiger partial charge in [0.2, 0.25) is 0 Å². The smallest absolute Gasteiger partial charge is 0.416 e. The summed E-state index contributed by atoms with van der Waals surface area (Å²) in [6.45, 7) is 1.71. The number of benzene rings is 1. The van der Waals surface area contributed by atoms with Crippen LogP contribution in [0.2, 0.25) is 0 Å². The normalized spacial score (nSPS) is 13.5. The Labute approximate surface area is 106 Å². The first-order valence-electron chi connectivity index (χ1n) is 4.99. The van der Waals surface area contributed by atoms with Gasteiger partial charge in [-0.25, -0.2) is 0 Å². The predicted octanol–water partition coefficient (Wildman–Crippen LogP) is 3.62. The molecule has 0 saturated heterocycles. The molecule has 0 aliphatic rings. The standard InChI is InChI=1S/C11H12BrF3O2/c1-7(4-5-16)17-10-3-2-8(6-9(10)12)11(13,14)15/h2-3,6-7,16H,4-5H2,1H3/t7-/m0/s1. The summed E-state index contributed by atoms with van der Waals surface area (Å²) in [5, 5.41) is 8.69. The Morgan fingerprint density at radius 1 is 1.41 bits per heavy atom. The third-order valence-electron chi connectivity index (χ3n) is 2.12. The number of alkyl halides is 3. The maximum Gasteiger partial charge on any atom is 0.416 e. The number of aliphatic hydroxyl groups is 1. The van der Waals surface area contributed by atoms with E-state index in [4.69, 9.17) is 9.84 Å². The van der Waals surface area contributed by atoms with E-state index in [1.165, 1.54) is 6.07 Å². The Morgan fingerprint density at radius 2 is 2.06 bits per heavy atom. The zero-order chi connectivity index (χ0) is 13.1. The topological polar surface area (TPSA) is 29.5 Å². The van der Waals surface area contributed by atoms with E-state index in [1.54, 1.807) is 6.92 Å². The average molecular weight is 313 g/mol. The Morgan fingerprint density at radius 3 is 2.53 bits per heavy atom. The van der Waals surface area contributed by atoms with Gasteiger partial charge < -0.3 is 9.84 Å². The molecule has 0 fully saturated rings. The first-order chi connectivity index (χ1) is 7.84. The van der Waals surface area contributed by atoms with Gasteiger partial charge in [-0.3, -0.25) is 0 Å². The van der Waals surface area contributed by atoms with Gasteiger partial charge in [0.25, 0.3) is 0 Å². The molecule has 0 saturated carbocycles. The second-order valence-electron chi connectivity index (χ2n) is 3.58. The van der Waals surface area contributed by atoms with Gasteiger partial charge in [0.1, 0.15) is 5.75 Å². The Bertz CT molecular complexity index is 379. The highest BCUT2D eigenvalue weighted by molar-refractivity contribution is 9.10. The van der Waals surface area contributed by atoms with Crippen molar-refractivity contribution in [3.63, 3.8) is 0 Å². The van der Waals surface area contributed by atoms with Crippen LogP contribution in [0.25, 0.3) is 0 Å². The van der Waals surface area contributed by atoms with Gasteiger partial charge >= 0.3 is 6.18 Å². The maximum atomic E-state index is 12.4. The molecule has 0 spiro atoms. The highest BCUT2D eigenvalue weighted by atomic mass is 79.9. The van der Waals surface area contributed by atoms with Gasteiger partial charge in [-0.1, -0.05) is 0 Å². The lowest BCUT2D eigenvalue weighted by Crippen LogP contribution is -2.14. The highest BCUT2D eigenvalue weighted by Gasteiger charge is 2.31. The number of rotatable bonds is 4. The largest absolute Gasteiger partial charge is 0.489 e. The molecule has 6 heteroatoms. The van der Waals surface area contributed by atoms with Crippen LogP contribution < -0.4 is 4.74 Å². The first-order valence-corrected chi connectivity index (χ1v) is 5.78. The quantitative estimate of drug-likeness (QED) is 0.920. The van der Waals surface area contributed by atoms with Crippen molar-refractivity contribution in [1.29, 1.82) is 0 Å². The summed E-state index contributed by atoms with van der Waals surface area (Å²) in [4.78, 5) is 0. The molecule has 0 radical (unpaired) electrons. The molecule has 0 aliphatic carbocycles. The first kappa shape index (κ1) is 14.3. The van der Waals surface area contributed by atoms with Crippen LogP contribution in [0.4, 0.5) is 13.2 Å². The summed E-state index contributed by atoms with van der Waals surface area (Å²) in [5.41, 5.74) is -0.730. The van der Waals surface area contributed by atoms with Crippen LogP contribution in [-0.2, 0) is 6.18 Å². The number of aliphatic hydroxyl groups excluding tert-OH is 1. The molecule has 1 rings (SSSR count). The lowest BCUT2D eigenvalue weighted by Gasteiger charge is -2.16. The Kier molecular flexibility index (Phi) is 4.82.